The molecule has 1 amide bonds. The lowest BCUT2D eigenvalue weighted by Gasteiger charge is -2.07. The van der Waals surface area contributed by atoms with E-state index in [0.29, 0.717) is 16.6 Å². The van der Waals surface area contributed by atoms with Crippen molar-refractivity contribution in [2.45, 2.75) is 11.8 Å². The van der Waals surface area contributed by atoms with E-state index in [0.717, 1.165) is 0 Å². The minimum absolute atomic E-state index is 0.0555. The molecular weight excluding hydrogens is 384 g/mol. The van der Waals surface area contributed by atoms with Crippen molar-refractivity contribution in [3.63, 3.8) is 0 Å². The lowest BCUT2D eigenvalue weighted by molar-refractivity contribution is 0.102. The molecule has 0 saturated carbocycles. The van der Waals surface area contributed by atoms with E-state index in [-0.39, 0.29) is 21.2 Å². The maximum Gasteiger partial charge on any atom is 0.259 e. The lowest BCUT2D eigenvalue weighted by Crippen LogP contribution is -2.14. The van der Waals surface area contributed by atoms with E-state index < -0.39 is 15.7 Å². The van der Waals surface area contributed by atoms with Gasteiger partial charge in [-0.1, -0.05) is 18.5 Å². The number of nitrogens with zero attached hydrogens (tertiary/aromatic N) is 1. The van der Waals surface area contributed by atoms with Gasteiger partial charge in [0.25, 0.3) is 5.91 Å². The Morgan fingerprint density at radius 2 is 2.16 bits per heavy atom. The van der Waals surface area contributed by atoms with Gasteiger partial charge in [0.15, 0.2) is 20.7 Å². The van der Waals surface area contributed by atoms with Crippen LogP contribution in [0.5, 0.6) is 0 Å². The fourth-order valence-electron chi connectivity index (χ4n) is 2.07. The number of hydrogen-bond acceptors (Lipinski definition) is 6. The molecular formula is C16H13ClN2O4S2. The summed E-state index contributed by atoms with van der Waals surface area (Å²) in [6, 6.07) is 7.56. The number of carbonyl (C=O) groups excluding carboxylic acids is 1. The Morgan fingerprint density at radius 1 is 1.36 bits per heavy atom. The monoisotopic (exact) mass is 396 g/mol. The van der Waals surface area contributed by atoms with E-state index in [2.05, 4.69) is 10.3 Å². The summed E-state index contributed by atoms with van der Waals surface area (Å²) in [7, 11) is -3.43. The summed E-state index contributed by atoms with van der Waals surface area (Å²) in [5, 5.41) is 4.89. The molecule has 1 N–H and O–H groups in total. The quantitative estimate of drug-likeness (QED) is 0.701. The number of furan rings is 1. The van der Waals surface area contributed by atoms with Crippen LogP contribution in [0.4, 0.5) is 5.13 Å². The second-order valence-electron chi connectivity index (χ2n) is 5.01. The predicted octanol–water partition coefficient (Wildman–Crippen LogP) is 4.10. The standard InChI is InChI=1S/C16H13ClN2O4S2/c1-2-25(21,22)10-5-6-12(17)11(8-10)15(20)19-16-18-13(9-24-16)14-4-3-7-23-14/h3-9H,2H2,1H3,(H,18,19,20). The molecule has 3 aromatic rings. The average Bonchev–Trinajstić information content (AvgIpc) is 3.26. The van der Waals surface area contributed by atoms with E-state index in [1.54, 1.807) is 17.5 Å². The number of benzene rings is 1. The number of nitrogens with one attached hydrogen (secondary N) is 1. The first-order valence-electron chi connectivity index (χ1n) is 7.24. The van der Waals surface area contributed by atoms with Gasteiger partial charge in [-0.3, -0.25) is 10.1 Å². The predicted molar refractivity (Wildman–Crippen MR) is 96.9 cm³/mol. The number of thiazole rings is 1. The molecule has 130 valence electrons. The van der Waals surface area contributed by atoms with E-state index in [9.17, 15) is 13.2 Å². The second kappa shape index (κ2) is 6.99. The largest absolute Gasteiger partial charge is 0.463 e. The zero-order valence-electron chi connectivity index (χ0n) is 13.0. The zero-order valence-corrected chi connectivity index (χ0v) is 15.4. The number of amides is 1. The molecule has 25 heavy (non-hydrogen) atoms. The van der Waals surface area contributed by atoms with Crippen LogP contribution in [0.2, 0.25) is 5.02 Å². The van der Waals surface area contributed by atoms with Crippen molar-refractivity contribution in [3.05, 3.63) is 52.6 Å². The number of anilines is 1. The SMILES string of the molecule is CCS(=O)(=O)c1ccc(Cl)c(C(=O)Nc2nc(-c3ccco3)cs2)c1. The Kier molecular flexibility index (Phi) is 4.94. The van der Waals surface area contributed by atoms with Crippen LogP contribution in [0.15, 0.2) is 51.3 Å². The summed E-state index contributed by atoms with van der Waals surface area (Å²) in [6.07, 6.45) is 1.53. The summed E-state index contributed by atoms with van der Waals surface area (Å²) in [4.78, 5) is 16.8. The van der Waals surface area contributed by atoms with Crippen LogP contribution in [-0.2, 0) is 9.84 Å². The average molecular weight is 397 g/mol. The molecule has 2 heterocycles. The molecule has 0 spiro atoms. The third kappa shape index (κ3) is 3.76. The first-order valence-corrected chi connectivity index (χ1v) is 10.1. The van der Waals surface area contributed by atoms with Gasteiger partial charge in [-0.05, 0) is 30.3 Å². The van der Waals surface area contributed by atoms with Gasteiger partial charge in [0.1, 0.15) is 5.69 Å². The van der Waals surface area contributed by atoms with Gasteiger partial charge < -0.3 is 4.42 Å². The second-order valence-corrected chi connectivity index (χ2v) is 8.56. The van der Waals surface area contributed by atoms with Crippen LogP contribution in [0.25, 0.3) is 11.5 Å². The Balaban J connectivity index is 1.85. The lowest BCUT2D eigenvalue weighted by atomic mass is 10.2. The van der Waals surface area contributed by atoms with Gasteiger partial charge >= 0.3 is 0 Å². The molecule has 0 radical (unpaired) electrons. The molecule has 3 rings (SSSR count). The molecule has 0 bridgehead atoms. The zero-order chi connectivity index (χ0) is 18.0. The fourth-order valence-corrected chi connectivity index (χ4v) is 3.88. The highest BCUT2D eigenvalue weighted by molar-refractivity contribution is 7.91. The summed E-state index contributed by atoms with van der Waals surface area (Å²) in [5.41, 5.74) is 0.671. The van der Waals surface area contributed by atoms with Crippen molar-refractivity contribution in [1.29, 1.82) is 0 Å². The summed E-state index contributed by atoms with van der Waals surface area (Å²) >= 11 is 7.28. The van der Waals surface area contributed by atoms with E-state index in [1.165, 1.54) is 42.7 Å². The maximum atomic E-state index is 12.5. The Hall–Kier alpha value is -2.16. The normalized spacial score (nSPS) is 11.4. The van der Waals surface area contributed by atoms with Crippen LogP contribution in [0.3, 0.4) is 0 Å². The van der Waals surface area contributed by atoms with Crippen molar-refractivity contribution >= 4 is 43.8 Å². The van der Waals surface area contributed by atoms with Gasteiger partial charge in [0.05, 0.1) is 27.5 Å². The minimum Gasteiger partial charge on any atom is -0.463 e. The van der Waals surface area contributed by atoms with E-state index >= 15 is 0 Å². The summed E-state index contributed by atoms with van der Waals surface area (Å²) in [5.74, 6) is -0.00128. The number of rotatable bonds is 5. The third-order valence-corrected chi connectivity index (χ3v) is 6.24. The molecule has 0 aliphatic heterocycles. The molecule has 2 aromatic heterocycles. The summed E-state index contributed by atoms with van der Waals surface area (Å²) < 4.78 is 29.2. The van der Waals surface area contributed by atoms with Gasteiger partial charge in [0.2, 0.25) is 0 Å². The molecule has 9 heteroatoms. The highest BCUT2D eigenvalue weighted by atomic mass is 35.5. The Bertz CT molecular complexity index is 1010. The Morgan fingerprint density at radius 3 is 2.84 bits per heavy atom. The van der Waals surface area contributed by atoms with Crippen molar-refractivity contribution < 1.29 is 17.6 Å². The number of halogens is 1. The molecule has 0 fully saturated rings. The molecule has 0 saturated heterocycles. The first-order chi connectivity index (χ1) is 11.9. The van der Waals surface area contributed by atoms with Crippen LogP contribution in [0.1, 0.15) is 17.3 Å². The minimum atomic E-state index is -3.43. The number of aromatic nitrogens is 1. The topological polar surface area (TPSA) is 89.3 Å². The fraction of sp³-hybridized carbons (Fsp3) is 0.125. The third-order valence-electron chi connectivity index (χ3n) is 3.42. The van der Waals surface area contributed by atoms with Gasteiger partial charge in [-0.15, -0.1) is 11.3 Å². The first kappa shape index (κ1) is 17.7. The van der Waals surface area contributed by atoms with Crippen LogP contribution < -0.4 is 5.32 Å². The van der Waals surface area contributed by atoms with Gasteiger partial charge in [0, 0.05) is 5.38 Å². The van der Waals surface area contributed by atoms with Crippen molar-refractivity contribution in [2.75, 3.05) is 11.1 Å². The molecule has 6 nitrogen and oxygen atoms in total. The number of hydrogen-bond donors (Lipinski definition) is 1. The molecule has 0 atom stereocenters. The van der Waals surface area contributed by atoms with Gasteiger partial charge in [-0.25, -0.2) is 13.4 Å². The highest BCUT2D eigenvalue weighted by Crippen LogP contribution is 2.27. The maximum absolute atomic E-state index is 12.5. The molecule has 0 unspecified atom stereocenters. The van der Waals surface area contributed by atoms with Crippen molar-refractivity contribution in [1.82, 2.24) is 4.98 Å². The highest BCUT2D eigenvalue weighted by Gasteiger charge is 2.18. The Labute approximate surface area is 153 Å². The van der Waals surface area contributed by atoms with E-state index in [1.807, 2.05) is 0 Å². The van der Waals surface area contributed by atoms with Crippen molar-refractivity contribution in [3.8, 4) is 11.5 Å². The number of sulfone groups is 1. The van der Waals surface area contributed by atoms with Crippen LogP contribution >= 0.6 is 22.9 Å². The molecule has 1 aromatic carbocycles. The van der Waals surface area contributed by atoms with Crippen LogP contribution in [-0.4, -0.2) is 25.1 Å². The van der Waals surface area contributed by atoms with Gasteiger partial charge in [-0.2, -0.15) is 0 Å². The van der Waals surface area contributed by atoms with Crippen molar-refractivity contribution in [2.24, 2.45) is 0 Å². The van der Waals surface area contributed by atoms with Crippen LogP contribution in [0, 0.1) is 0 Å². The molecule has 0 aliphatic rings. The summed E-state index contributed by atoms with van der Waals surface area (Å²) in [6.45, 7) is 1.54. The smallest absolute Gasteiger partial charge is 0.259 e. The number of carbonyl (C=O) groups is 1. The molecule has 0 aliphatic carbocycles. The van der Waals surface area contributed by atoms with E-state index in [4.69, 9.17) is 16.0 Å².